The lowest BCUT2D eigenvalue weighted by molar-refractivity contribution is -0.384. The third-order valence-corrected chi connectivity index (χ3v) is 3.91. The molecule has 1 aromatic carbocycles. The molecule has 0 N–H and O–H groups in total. The Morgan fingerprint density at radius 1 is 1.27 bits per heavy atom. The number of benzene rings is 1. The molecule has 0 radical (unpaired) electrons. The molecule has 2 aromatic rings. The van der Waals surface area contributed by atoms with E-state index in [2.05, 4.69) is 4.98 Å². The minimum absolute atomic E-state index is 0.0122. The molecule has 1 saturated heterocycles. The fraction of sp³-hybridized carbons (Fsp3) is 0.250. The van der Waals surface area contributed by atoms with Crippen LogP contribution >= 0.6 is 0 Å². The highest BCUT2D eigenvalue weighted by Crippen LogP contribution is 2.32. The van der Waals surface area contributed by atoms with E-state index in [9.17, 15) is 14.9 Å². The van der Waals surface area contributed by atoms with Crippen molar-refractivity contribution in [2.24, 2.45) is 0 Å². The Morgan fingerprint density at radius 3 is 2.68 bits per heavy atom. The number of likely N-dealkylation sites (tertiary alicyclic amines) is 1. The quantitative estimate of drug-likeness (QED) is 0.644. The number of nitrogens with zero attached hydrogens (tertiary/aromatic N) is 3. The zero-order valence-electron chi connectivity index (χ0n) is 11.9. The van der Waals surface area contributed by atoms with E-state index >= 15 is 0 Å². The molecule has 0 bridgehead atoms. The van der Waals surface area contributed by atoms with Crippen molar-refractivity contribution in [2.75, 3.05) is 6.54 Å². The Bertz CT molecular complexity index is 686. The van der Waals surface area contributed by atoms with Gasteiger partial charge in [0.25, 0.3) is 11.6 Å². The van der Waals surface area contributed by atoms with Crippen molar-refractivity contribution in [1.82, 2.24) is 9.88 Å². The van der Waals surface area contributed by atoms with Gasteiger partial charge in [0.05, 0.1) is 11.0 Å². The van der Waals surface area contributed by atoms with E-state index in [0.717, 1.165) is 18.4 Å². The van der Waals surface area contributed by atoms with Crippen LogP contribution in [0.5, 0.6) is 0 Å². The zero-order valence-corrected chi connectivity index (χ0v) is 11.9. The Balaban J connectivity index is 1.83. The van der Waals surface area contributed by atoms with Crippen LogP contribution in [0, 0.1) is 10.1 Å². The largest absolute Gasteiger partial charge is 0.332 e. The molecule has 1 unspecified atom stereocenters. The minimum Gasteiger partial charge on any atom is -0.332 e. The van der Waals surface area contributed by atoms with Gasteiger partial charge in [0, 0.05) is 36.6 Å². The summed E-state index contributed by atoms with van der Waals surface area (Å²) in [7, 11) is 0. The third-order valence-electron chi connectivity index (χ3n) is 3.91. The first-order valence-corrected chi connectivity index (χ1v) is 7.12. The van der Waals surface area contributed by atoms with Crippen LogP contribution in [-0.2, 0) is 0 Å². The maximum absolute atomic E-state index is 12.6. The molecule has 0 spiro atoms. The smallest absolute Gasteiger partial charge is 0.269 e. The Labute approximate surface area is 127 Å². The number of pyridine rings is 1. The van der Waals surface area contributed by atoms with Gasteiger partial charge in [-0.05, 0) is 36.6 Å². The molecule has 1 aliphatic rings. The summed E-state index contributed by atoms with van der Waals surface area (Å²) in [5.74, 6) is -0.0961. The number of aromatic nitrogens is 1. The summed E-state index contributed by atoms with van der Waals surface area (Å²) < 4.78 is 0. The van der Waals surface area contributed by atoms with E-state index in [4.69, 9.17) is 0 Å². The molecule has 0 aliphatic carbocycles. The number of carbonyl (C=O) groups excluding carboxylic acids is 1. The summed E-state index contributed by atoms with van der Waals surface area (Å²) in [6.45, 7) is 0.690. The number of nitro benzene ring substituents is 1. The van der Waals surface area contributed by atoms with Gasteiger partial charge in [-0.25, -0.2) is 0 Å². The molecule has 112 valence electrons. The SMILES string of the molecule is O=C(c1ccc([N+](=O)[O-])cc1)N1CCCC1c1cccnc1. The number of hydrogen-bond donors (Lipinski definition) is 0. The van der Waals surface area contributed by atoms with Crippen molar-refractivity contribution in [2.45, 2.75) is 18.9 Å². The summed E-state index contributed by atoms with van der Waals surface area (Å²) in [5.41, 5.74) is 1.48. The van der Waals surface area contributed by atoms with Gasteiger partial charge in [0.2, 0.25) is 0 Å². The van der Waals surface area contributed by atoms with Gasteiger partial charge in [-0.3, -0.25) is 19.9 Å². The van der Waals surface area contributed by atoms with E-state index < -0.39 is 4.92 Å². The molecule has 1 fully saturated rings. The van der Waals surface area contributed by atoms with Gasteiger partial charge in [0.1, 0.15) is 0 Å². The van der Waals surface area contributed by atoms with Gasteiger partial charge in [-0.1, -0.05) is 6.07 Å². The van der Waals surface area contributed by atoms with Crippen molar-refractivity contribution in [1.29, 1.82) is 0 Å². The van der Waals surface area contributed by atoms with Crippen LogP contribution in [0.2, 0.25) is 0 Å². The standard InChI is InChI=1S/C16H15N3O3/c20-16(12-5-7-14(8-6-12)19(21)22)18-10-2-4-15(18)13-3-1-9-17-11-13/h1,3,5-9,11,15H,2,4,10H2. The lowest BCUT2D eigenvalue weighted by Gasteiger charge is -2.24. The van der Waals surface area contributed by atoms with E-state index in [1.54, 1.807) is 12.4 Å². The second-order valence-electron chi connectivity index (χ2n) is 5.25. The Morgan fingerprint density at radius 2 is 2.05 bits per heavy atom. The average Bonchev–Trinajstić information content (AvgIpc) is 3.04. The molecule has 22 heavy (non-hydrogen) atoms. The maximum Gasteiger partial charge on any atom is 0.269 e. The second kappa shape index (κ2) is 5.93. The van der Waals surface area contributed by atoms with Crippen LogP contribution < -0.4 is 0 Å². The Kier molecular flexibility index (Phi) is 3.82. The topological polar surface area (TPSA) is 76.3 Å². The average molecular weight is 297 g/mol. The van der Waals surface area contributed by atoms with E-state index in [1.807, 2.05) is 17.0 Å². The highest BCUT2D eigenvalue weighted by Gasteiger charge is 2.30. The van der Waals surface area contributed by atoms with Crippen LogP contribution in [0.15, 0.2) is 48.8 Å². The molecule has 0 saturated carbocycles. The number of nitro groups is 1. The monoisotopic (exact) mass is 297 g/mol. The van der Waals surface area contributed by atoms with Gasteiger partial charge >= 0.3 is 0 Å². The third kappa shape index (κ3) is 2.67. The van der Waals surface area contributed by atoms with Crippen molar-refractivity contribution in [3.8, 4) is 0 Å². The highest BCUT2D eigenvalue weighted by atomic mass is 16.6. The number of amides is 1. The summed E-state index contributed by atoms with van der Waals surface area (Å²) in [5, 5.41) is 10.7. The van der Waals surface area contributed by atoms with E-state index in [1.165, 1.54) is 24.3 Å². The van der Waals surface area contributed by atoms with Crippen molar-refractivity contribution < 1.29 is 9.72 Å². The Hall–Kier alpha value is -2.76. The lowest BCUT2D eigenvalue weighted by Crippen LogP contribution is -2.30. The fourth-order valence-electron chi connectivity index (χ4n) is 2.82. The van der Waals surface area contributed by atoms with Gasteiger partial charge in [0.15, 0.2) is 0 Å². The number of carbonyl (C=O) groups is 1. The van der Waals surface area contributed by atoms with Crippen LogP contribution in [0.25, 0.3) is 0 Å². The lowest BCUT2D eigenvalue weighted by atomic mass is 10.1. The fourth-order valence-corrected chi connectivity index (χ4v) is 2.82. The zero-order chi connectivity index (χ0) is 15.5. The van der Waals surface area contributed by atoms with Crippen LogP contribution in [-0.4, -0.2) is 27.3 Å². The van der Waals surface area contributed by atoms with Crippen molar-refractivity contribution in [3.05, 3.63) is 70.0 Å². The molecular weight excluding hydrogens is 282 g/mol. The van der Waals surface area contributed by atoms with E-state index in [0.29, 0.717) is 12.1 Å². The molecule has 2 heterocycles. The van der Waals surface area contributed by atoms with E-state index in [-0.39, 0.29) is 17.6 Å². The summed E-state index contributed by atoms with van der Waals surface area (Å²) in [6.07, 6.45) is 5.34. The molecule has 1 atom stereocenters. The first-order chi connectivity index (χ1) is 10.7. The van der Waals surface area contributed by atoms with Crippen molar-refractivity contribution in [3.63, 3.8) is 0 Å². The maximum atomic E-state index is 12.6. The molecule has 3 rings (SSSR count). The van der Waals surface area contributed by atoms with Crippen LogP contribution in [0.3, 0.4) is 0 Å². The van der Waals surface area contributed by atoms with Gasteiger partial charge < -0.3 is 4.90 Å². The molecular formula is C16H15N3O3. The molecule has 6 nitrogen and oxygen atoms in total. The first kappa shape index (κ1) is 14.2. The second-order valence-corrected chi connectivity index (χ2v) is 5.25. The molecule has 1 amide bonds. The molecule has 1 aliphatic heterocycles. The predicted octanol–water partition coefficient (Wildman–Crippen LogP) is 2.97. The molecule has 6 heteroatoms. The number of rotatable bonds is 3. The summed E-state index contributed by atoms with van der Waals surface area (Å²) >= 11 is 0. The first-order valence-electron chi connectivity index (χ1n) is 7.12. The van der Waals surface area contributed by atoms with Gasteiger partial charge in [-0.15, -0.1) is 0 Å². The van der Waals surface area contributed by atoms with Gasteiger partial charge in [-0.2, -0.15) is 0 Å². The normalized spacial score (nSPS) is 17.5. The van der Waals surface area contributed by atoms with Crippen molar-refractivity contribution >= 4 is 11.6 Å². The molecule has 1 aromatic heterocycles. The predicted molar refractivity (Wildman–Crippen MR) is 80.3 cm³/mol. The summed E-state index contributed by atoms with van der Waals surface area (Å²) in [4.78, 5) is 28.8. The highest BCUT2D eigenvalue weighted by molar-refractivity contribution is 5.94. The number of non-ortho nitro benzene ring substituents is 1. The van der Waals surface area contributed by atoms with Crippen LogP contribution in [0.1, 0.15) is 34.8 Å². The minimum atomic E-state index is -0.470. The number of hydrogen-bond acceptors (Lipinski definition) is 4. The van der Waals surface area contributed by atoms with Crippen LogP contribution in [0.4, 0.5) is 5.69 Å². The summed E-state index contributed by atoms with van der Waals surface area (Å²) in [6, 6.07) is 9.61.